The maximum Gasteiger partial charge on any atom is 0.277 e. The monoisotopic (exact) mass is 543 g/mol. The van der Waals surface area contributed by atoms with Crippen LogP contribution in [0, 0.1) is 11.6 Å². The highest BCUT2D eigenvalue weighted by molar-refractivity contribution is 6.35. The fourth-order valence-electron chi connectivity index (χ4n) is 5.48. The lowest BCUT2D eigenvalue weighted by atomic mass is 9.96. The number of pyridine rings is 1. The zero-order valence-corrected chi connectivity index (χ0v) is 20.6. The molecule has 1 saturated heterocycles. The van der Waals surface area contributed by atoms with Crippen molar-refractivity contribution in [2.75, 3.05) is 36.4 Å². The number of phenols is 1. The third-order valence-corrected chi connectivity index (χ3v) is 7.67. The van der Waals surface area contributed by atoms with Crippen molar-refractivity contribution in [2.45, 2.75) is 24.9 Å². The Morgan fingerprint density at radius 1 is 1.21 bits per heavy atom. The van der Waals surface area contributed by atoms with Crippen molar-refractivity contribution in [1.82, 2.24) is 9.47 Å². The van der Waals surface area contributed by atoms with Gasteiger partial charge in [-0.15, -0.1) is 0 Å². The fraction of sp³-hybridized carbons (Fsp3) is 0.296. The van der Waals surface area contributed by atoms with Gasteiger partial charge in [-0.1, -0.05) is 24.2 Å². The lowest BCUT2D eigenvalue weighted by molar-refractivity contribution is -0.128. The third-order valence-electron chi connectivity index (χ3n) is 7.37. The van der Waals surface area contributed by atoms with Crippen LogP contribution < -0.4 is 15.4 Å². The molecule has 11 heteroatoms. The number of likely N-dealkylation sites (N-methyl/N-ethyl adjacent to an activating group) is 1. The van der Waals surface area contributed by atoms with Gasteiger partial charge in [0.2, 0.25) is 5.91 Å². The van der Waals surface area contributed by atoms with Crippen LogP contribution in [-0.2, 0) is 9.59 Å². The van der Waals surface area contributed by atoms with E-state index in [4.69, 9.17) is 15.7 Å². The van der Waals surface area contributed by atoms with Gasteiger partial charge >= 0.3 is 0 Å². The molecule has 38 heavy (non-hydrogen) atoms. The Kier molecular flexibility index (Phi) is 4.74. The molecule has 1 N–H and O–H groups in total. The first kappa shape index (κ1) is 21.1. The first-order valence-electron chi connectivity index (χ1n) is 13.5. The second kappa shape index (κ2) is 8.56. The van der Waals surface area contributed by atoms with E-state index in [0.717, 1.165) is 16.7 Å². The summed E-state index contributed by atoms with van der Waals surface area (Å²) in [5, 5.41) is 10.2. The Balaban J connectivity index is 1.72. The molecule has 196 valence electrons. The molecule has 8 nitrogen and oxygen atoms in total. The number of halogens is 3. The van der Waals surface area contributed by atoms with Gasteiger partial charge in [-0.25, -0.2) is 8.78 Å². The van der Waals surface area contributed by atoms with Gasteiger partial charge in [0, 0.05) is 41.2 Å². The summed E-state index contributed by atoms with van der Waals surface area (Å²) in [4.78, 5) is 43.5. The minimum Gasteiger partial charge on any atom is -0.507 e. The number of hydrogen-bond acceptors (Lipinski definition) is 5. The molecule has 1 aromatic heterocycles. The summed E-state index contributed by atoms with van der Waals surface area (Å²) in [5.74, 6) is -3.94. The number of nitrogens with zero attached hydrogens (tertiary/aromatic N) is 4. The molecule has 2 aliphatic heterocycles. The SMILES string of the molecule is [2H]C([2H])([2H])N1C(=O)[C@H]2CN(C(=O)C=C)CCN2c2c1c(=O)n(C1CC1)c1c(F)c(-c3c(O)cccc3F)c(Cl)cc21. The summed E-state index contributed by atoms with van der Waals surface area (Å²) >= 11 is 6.55. The highest BCUT2D eigenvalue weighted by Crippen LogP contribution is 2.48. The van der Waals surface area contributed by atoms with Gasteiger partial charge in [0.15, 0.2) is 5.82 Å². The molecule has 0 radical (unpaired) electrons. The third kappa shape index (κ3) is 3.36. The average Bonchev–Trinajstić information content (AvgIpc) is 3.75. The zero-order chi connectivity index (χ0) is 29.5. The smallest absolute Gasteiger partial charge is 0.277 e. The van der Waals surface area contributed by atoms with Gasteiger partial charge in [-0.05, 0) is 37.1 Å². The lowest BCUT2D eigenvalue weighted by Crippen LogP contribution is -2.63. The number of anilines is 2. The van der Waals surface area contributed by atoms with Crippen molar-refractivity contribution in [3.8, 4) is 16.9 Å². The molecule has 3 aromatic rings. The Hall–Kier alpha value is -3.92. The molecular weight excluding hydrogens is 518 g/mol. The maximum absolute atomic E-state index is 16.6. The normalized spacial score (nSPS) is 20.5. The maximum atomic E-state index is 16.6. The zero-order valence-electron chi connectivity index (χ0n) is 22.9. The number of hydrogen-bond donors (Lipinski definition) is 1. The molecule has 1 aliphatic carbocycles. The van der Waals surface area contributed by atoms with Gasteiger partial charge in [-0.2, -0.15) is 0 Å². The summed E-state index contributed by atoms with van der Waals surface area (Å²) in [6.07, 6.45) is 2.06. The van der Waals surface area contributed by atoms with Crippen molar-refractivity contribution in [1.29, 1.82) is 0 Å². The van der Waals surface area contributed by atoms with E-state index >= 15 is 4.39 Å². The summed E-state index contributed by atoms with van der Waals surface area (Å²) in [6.45, 7) is 0.324. The number of piperazine rings is 1. The molecule has 2 fully saturated rings. The molecule has 1 saturated carbocycles. The van der Waals surface area contributed by atoms with Crippen molar-refractivity contribution in [3.63, 3.8) is 0 Å². The molecule has 0 spiro atoms. The molecule has 1 atom stereocenters. The predicted molar refractivity (Wildman–Crippen MR) is 140 cm³/mol. The Labute approximate surface area is 225 Å². The number of carbonyl (C=O) groups excluding carboxylic acids is 2. The topological polar surface area (TPSA) is 86.1 Å². The molecule has 2 aromatic carbocycles. The highest BCUT2D eigenvalue weighted by atomic mass is 35.5. The number of rotatable bonds is 3. The number of fused-ring (bicyclic) bond motifs is 5. The molecule has 0 bridgehead atoms. The summed E-state index contributed by atoms with van der Waals surface area (Å²) in [7, 11) is 0. The van der Waals surface area contributed by atoms with Crippen molar-refractivity contribution in [2.24, 2.45) is 0 Å². The second-order valence-corrected chi connectivity index (χ2v) is 9.96. The van der Waals surface area contributed by atoms with Crippen molar-refractivity contribution >= 4 is 45.7 Å². The number of aromatic hydroxyl groups is 1. The number of carbonyl (C=O) groups is 2. The van der Waals surface area contributed by atoms with Gasteiger partial charge in [-0.3, -0.25) is 14.4 Å². The first-order valence-corrected chi connectivity index (χ1v) is 12.3. The Morgan fingerprint density at radius 2 is 1.97 bits per heavy atom. The van der Waals surface area contributed by atoms with Crippen LogP contribution >= 0.6 is 11.6 Å². The number of aromatic nitrogens is 1. The van der Waals surface area contributed by atoms with Gasteiger partial charge in [0.25, 0.3) is 11.5 Å². The van der Waals surface area contributed by atoms with E-state index in [-0.39, 0.29) is 41.2 Å². The van der Waals surface area contributed by atoms with E-state index in [0.29, 0.717) is 17.7 Å². The van der Waals surface area contributed by atoms with Crippen LogP contribution in [0.15, 0.2) is 41.7 Å². The minimum absolute atomic E-state index is 0.0153. The summed E-state index contributed by atoms with van der Waals surface area (Å²) in [5.41, 5.74) is -2.54. The van der Waals surface area contributed by atoms with Crippen LogP contribution in [0.4, 0.5) is 20.2 Å². The number of benzene rings is 2. The highest BCUT2D eigenvalue weighted by Gasteiger charge is 2.45. The van der Waals surface area contributed by atoms with Gasteiger partial charge < -0.3 is 24.4 Å². The van der Waals surface area contributed by atoms with E-state index in [1.165, 1.54) is 28.0 Å². The van der Waals surface area contributed by atoms with Gasteiger partial charge in [0.05, 0.1) is 28.3 Å². The van der Waals surface area contributed by atoms with Crippen LogP contribution in [0.5, 0.6) is 5.75 Å². The molecule has 3 heterocycles. The van der Waals surface area contributed by atoms with Crippen molar-refractivity contribution in [3.05, 3.63) is 63.9 Å². The Bertz CT molecular complexity index is 1720. The van der Waals surface area contributed by atoms with Crippen LogP contribution in [0.25, 0.3) is 22.0 Å². The van der Waals surface area contributed by atoms with E-state index in [9.17, 15) is 23.9 Å². The summed E-state index contributed by atoms with van der Waals surface area (Å²) < 4.78 is 57.1. The van der Waals surface area contributed by atoms with Crippen LogP contribution in [0.1, 0.15) is 23.0 Å². The first-order chi connectivity index (χ1) is 19.4. The molecule has 3 aliphatic rings. The van der Waals surface area contributed by atoms with E-state index in [1.807, 2.05) is 0 Å². The van der Waals surface area contributed by atoms with E-state index in [1.54, 1.807) is 0 Å². The average molecular weight is 544 g/mol. The molecule has 6 rings (SSSR count). The van der Waals surface area contributed by atoms with Crippen LogP contribution in [0.2, 0.25) is 5.02 Å². The quantitative estimate of drug-likeness (QED) is 0.508. The second-order valence-electron chi connectivity index (χ2n) is 9.55. The van der Waals surface area contributed by atoms with Crippen molar-refractivity contribution < 1.29 is 27.6 Å². The molecule has 0 unspecified atom stereocenters. The van der Waals surface area contributed by atoms with Gasteiger partial charge in [0.1, 0.15) is 23.3 Å². The minimum atomic E-state index is -3.09. The summed E-state index contributed by atoms with van der Waals surface area (Å²) in [6, 6.07) is 3.05. The van der Waals surface area contributed by atoms with E-state index < -0.39 is 70.6 Å². The number of amides is 2. The van der Waals surface area contributed by atoms with E-state index in [2.05, 4.69) is 6.58 Å². The Morgan fingerprint density at radius 3 is 2.63 bits per heavy atom. The fourth-order valence-corrected chi connectivity index (χ4v) is 5.77. The largest absolute Gasteiger partial charge is 0.507 e. The lowest BCUT2D eigenvalue weighted by Gasteiger charge is -2.47. The standard InChI is InChI=1S/C27H23ClF2N4O4/c1-3-19(36)32-9-10-33-17(12-32)26(37)31(2)25-24(33)14-11-15(28)20(21-16(29)5-4-6-18(21)35)22(30)23(14)34(27(25)38)13-7-8-13/h3-6,11,13,17,35H,1,7-10,12H2,2H3/t17-/m1/s1/i2D3. The molecule has 2 amide bonds. The number of phenolic OH excluding ortho intramolecular Hbond substituents is 1. The van der Waals surface area contributed by atoms with Crippen LogP contribution in [0.3, 0.4) is 0 Å². The molecular formula is C27H23ClF2N4O4. The van der Waals surface area contributed by atoms with Crippen LogP contribution in [-0.4, -0.2) is 59.0 Å². The predicted octanol–water partition coefficient (Wildman–Crippen LogP) is 3.82.